The maximum Gasteiger partial charge on any atom is 0.410 e. The molecule has 0 saturated carbocycles. The third-order valence-electron chi connectivity index (χ3n) is 7.88. The first-order valence-electron chi connectivity index (χ1n) is 15.7. The number of aromatic nitrogens is 2. The number of hydrogen-bond donors (Lipinski definition) is 1. The fourth-order valence-corrected chi connectivity index (χ4v) is 5.49. The maximum absolute atomic E-state index is 14.1. The van der Waals surface area contributed by atoms with E-state index in [0.717, 1.165) is 0 Å². The van der Waals surface area contributed by atoms with Crippen molar-refractivity contribution in [3.63, 3.8) is 0 Å². The van der Waals surface area contributed by atoms with Gasteiger partial charge in [-0.05, 0) is 81.4 Å². The van der Waals surface area contributed by atoms with Crippen LogP contribution in [-0.4, -0.2) is 75.4 Å². The first kappa shape index (κ1) is 34.4. The standard InChI is InChI=1S/C36H37N5O8/c1-36(2,3)49-35(46)39-18-16-28(17-19-39)48-27-13-11-26(12-14-27)40(33(44)23-6-8-24(9-7-23)34(45)47-5)21-31-38-29-20-25(37-4)10-15-30(29)41(31)22-32(42)43/h6-15,20,28H,16-19,21-22H2,1-3,5H3,(H,42,43). The van der Waals surface area contributed by atoms with Crippen LogP contribution in [0.15, 0.2) is 66.7 Å². The van der Waals surface area contributed by atoms with Gasteiger partial charge in [-0.25, -0.2) is 19.4 Å². The number of likely N-dealkylation sites (tertiary alicyclic amines) is 1. The molecule has 254 valence electrons. The van der Waals surface area contributed by atoms with Gasteiger partial charge in [-0.3, -0.25) is 9.59 Å². The zero-order valence-electron chi connectivity index (χ0n) is 27.7. The Morgan fingerprint density at radius 2 is 1.63 bits per heavy atom. The van der Waals surface area contributed by atoms with Crippen LogP contribution < -0.4 is 9.64 Å². The van der Waals surface area contributed by atoms with Crippen molar-refractivity contribution in [2.45, 2.75) is 58.4 Å². The van der Waals surface area contributed by atoms with Gasteiger partial charge >= 0.3 is 18.0 Å². The number of imidazole rings is 1. The minimum atomic E-state index is -1.09. The lowest BCUT2D eigenvalue weighted by Crippen LogP contribution is -2.44. The Labute approximate surface area is 283 Å². The molecular weight excluding hydrogens is 630 g/mol. The topological polar surface area (TPSA) is 145 Å². The summed E-state index contributed by atoms with van der Waals surface area (Å²) in [4.78, 5) is 61.6. The molecule has 0 bridgehead atoms. The van der Waals surface area contributed by atoms with E-state index in [2.05, 4.69) is 9.83 Å². The predicted octanol–water partition coefficient (Wildman–Crippen LogP) is 6.08. The van der Waals surface area contributed by atoms with Crippen molar-refractivity contribution < 1.29 is 38.5 Å². The molecule has 0 unspecified atom stereocenters. The molecule has 3 aromatic carbocycles. The van der Waals surface area contributed by atoms with E-state index in [0.29, 0.717) is 59.9 Å². The molecular formula is C36H37N5O8. The van der Waals surface area contributed by atoms with Crippen molar-refractivity contribution >= 4 is 46.3 Å². The summed E-state index contributed by atoms with van der Waals surface area (Å²) in [6.07, 6.45) is 0.792. The number of aliphatic carboxylic acids is 1. The van der Waals surface area contributed by atoms with Crippen molar-refractivity contribution in [2.75, 3.05) is 25.1 Å². The molecule has 0 aliphatic carbocycles. The minimum Gasteiger partial charge on any atom is -0.490 e. The highest BCUT2D eigenvalue weighted by Gasteiger charge is 2.28. The highest BCUT2D eigenvalue weighted by molar-refractivity contribution is 6.06. The van der Waals surface area contributed by atoms with E-state index in [1.54, 1.807) is 47.4 Å². The molecule has 0 radical (unpaired) electrons. The number of esters is 1. The lowest BCUT2D eigenvalue weighted by atomic mass is 10.1. The lowest BCUT2D eigenvalue weighted by molar-refractivity contribution is -0.137. The van der Waals surface area contributed by atoms with Gasteiger partial charge in [0.05, 0.1) is 36.8 Å². The third-order valence-corrected chi connectivity index (χ3v) is 7.88. The molecule has 1 aliphatic heterocycles. The van der Waals surface area contributed by atoms with Gasteiger partial charge in [0.1, 0.15) is 29.8 Å². The normalized spacial score (nSPS) is 13.4. The molecule has 13 heteroatoms. The summed E-state index contributed by atoms with van der Waals surface area (Å²) >= 11 is 0. The molecule has 1 aromatic heterocycles. The summed E-state index contributed by atoms with van der Waals surface area (Å²) < 4.78 is 18.0. The van der Waals surface area contributed by atoms with E-state index in [-0.39, 0.29) is 29.9 Å². The third kappa shape index (κ3) is 8.34. The summed E-state index contributed by atoms with van der Waals surface area (Å²) in [7, 11) is 1.27. The molecule has 1 N–H and O–H groups in total. The van der Waals surface area contributed by atoms with E-state index in [1.807, 2.05) is 20.8 Å². The van der Waals surface area contributed by atoms with Gasteiger partial charge in [0.15, 0.2) is 5.69 Å². The van der Waals surface area contributed by atoms with Crippen LogP contribution in [-0.2, 0) is 27.4 Å². The highest BCUT2D eigenvalue weighted by Crippen LogP contribution is 2.28. The molecule has 1 saturated heterocycles. The number of anilines is 1. The second kappa shape index (κ2) is 14.5. The molecule has 4 aromatic rings. The quantitative estimate of drug-likeness (QED) is 0.166. The first-order valence-corrected chi connectivity index (χ1v) is 15.7. The van der Waals surface area contributed by atoms with Crippen LogP contribution in [0.2, 0.25) is 0 Å². The molecule has 49 heavy (non-hydrogen) atoms. The molecule has 0 atom stereocenters. The average Bonchev–Trinajstić information content (AvgIpc) is 3.41. The summed E-state index contributed by atoms with van der Waals surface area (Å²) in [5.41, 5.74) is 1.78. The molecule has 13 nitrogen and oxygen atoms in total. The number of methoxy groups -OCH3 is 1. The number of carboxylic acid groups (broad SMARTS) is 1. The van der Waals surface area contributed by atoms with Crippen molar-refractivity contribution in [3.05, 3.63) is 95.1 Å². The molecule has 0 spiro atoms. The van der Waals surface area contributed by atoms with Crippen molar-refractivity contribution in [1.29, 1.82) is 0 Å². The monoisotopic (exact) mass is 667 g/mol. The second-order valence-electron chi connectivity index (χ2n) is 12.5. The second-order valence-corrected chi connectivity index (χ2v) is 12.5. The average molecular weight is 668 g/mol. The number of hydrogen-bond acceptors (Lipinski definition) is 8. The van der Waals surface area contributed by atoms with Crippen LogP contribution in [0.1, 0.15) is 60.2 Å². The van der Waals surface area contributed by atoms with Crippen molar-refractivity contribution in [1.82, 2.24) is 14.5 Å². The molecule has 1 aliphatic rings. The van der Waals surface area contributed by atoms with E-state index in [9.17, 15) is 24.3 Å². The number of amides is 2. The van der Waals surface area contributed by atoms with Gasteiger partial charge in [0.2, 0.25) is 0 Å². The van der Waals surface area contributed by atoms with E-state index in [4.69, 9.17) is 20.8 Å². The zero-order chi connectivity index (χ0) is 35.3. The van der Waals surface area contributed by atoms with Gasteiger partial charge in [-0.1, -0.05) is 6.07 Å². The van der Waals surface area contributed by atoms with Gasteiger partial charge < -0.3 is 33.7 Å². The minimum absolute atomic E-state index is 0.101. The Bertz CT molecular complexity index is 1900. The van der Waals surface area contributed by atoms with Crippen molar-refractivity contribution in [3.8, 4) is 5.75 Å². The fraction of sp³-hybridized carbons (Fsp3) is 0.333. The van der Waals surface area contributed by atoms with Crippen LogP contribution in [0.5, 0.6) is 5.75 Å². The van der Waals surface area contributed by atoms with Crippen LogP contribution in [0.3, 0.4) is 0 Å². The fourth-order valence-electron chi connectivity index (χ4n) is 5.49. The van der Waals surface area contributed by atoms with Crippen LogP contribution in [0.25, 0.3) is 15.9 Å². The Balaban J connectivity index is 1.40. The molecule has 1 fully saturated rings. The maximum atomic E-state index is 14.1. The first-order chi connectivity index (χ1) is 23.3. The Morgan fingerprint density at radius 1 is 0.980 bits per heavy atom. The number of carboxylic acids is 1. The summed E-state index contributed by atoms with van der Waals surface area (Å²) in [5.74, 6) is -1.17. The van der Waals surface area contributed by atoms with E-state index >= 15 is 0 Å². The lowest BCUT2D eigenvalue weighted by Gasteiger charge is -2.33. The number of rotatable bonds is 9. The Kier molecular flexibility index (Phi) is 10.2. The Hall–Kier alpha value is -5.90. The number of carbonyl (C=O) groups is 4. The van der Waals surface area contributed by atoms with Gasteiger partial charge in [0, 0.05) is 37.2 Å². The number of carbonyl (C=O) groups excluding carboxylic acids is 3. The Morgan fingerprint density at radius 3 is 2.22 bits per heavy atom. The number of ether oxygens (including phenoxy) is 3. The van der Waals surface area contributed by atoms with E-state index < -0.39 is 30.0 Å². The SMILES string of the molecule is [C-]#[N+]c1ccc2c(c1)nc(CN(C(=O)c1ccc(C(=O)OC)cc1)c1ccc(OC3CCN(C(=O)OC(C)(C)C)CC3)cc1)n2CC(=O)O. The van der Waals surface area contributed by atoms with E-state index in [1.165, 1.54) is 40.8 Å². The molecule has 2 heterocycles. The molecule has 2 amide bonds. The van der Waals surface area contributed by atoms with Crippen molar-refractivity contribution in [2.24, 2.45) is 0 Å². The zero-order valence-corrected chi connectivity index (χ0v) is 27.7. The number of piperidine rings is 1. The number of fused-ring (bicyclic) bond motifs is 1. The smallest absolute Gasteiger partial charge is 0.410 e. The van der Waals surface area contributed by atoms with Gasteiger partial charge in [-0.15, -0.1) is 0 Å². The van der Waals surface area contributed by atoms with Crippen LogP contribution >= 0.6 is 0 Å². The summed E-state index contributed by atoms with van der Waals surface area (Å²) in [5, 5.41) is 9.70. The van der Waals surface area contributed by atoms with Gasteiger partial charge in [0.25, 0.3) is 5.91 Å². The summed E-state index contributed by atoms with van der Waals surface area (Å²) in [6, 6.07) is 17.8. The largest absolute Gasteiger partial charge is 0.490 e. The van der Waals surface area contributed by atoms with Crippen LogP contribution in [0.4, 0.5) is 16.2 Å². The highest BCUT2D eigenvalue weighted by atomic mass is 16.6. The summed E-state index contributed by atoms with van der Waals surface area (Å²) in [6.45, 7) is 13.4. The number of nitrogens with zero attached hydrogens (tertiary/aromatic N) is 5. The van der Waals surface area contributed by atoms with Gasteiger partial charge in [-0.2, -0.15) is 0 Å². The predicted molar refractivity (Wildman–Crippen MR) is 180 cm³/mol. The molecule has 5 rings (SSSR count). The number of benzene rings is 3. The van der Waals surface area contributed by atoms with Crippen LogP contribution in [0, 0.1) is 6.57 Å².